The molecule has 1 rings (SSSR count). The molecule has 18 heavy (non-hydrogen) atoms. The maximum Gasteiger partial charge on any atom is 0.407 e. The van der Waals surface area contributed by atoms with Gasteiger partial charge in [-0.15, -0.1) is 0 Å². The molecule has 0 unspecified atom stereocenters. The highest BCUT2D eigenvalue weighted by molar-refractivity contribution is 5.68. The number of nitrogens with one attached hydrogen (secondary N) is 1. The Morgan fingerprint density at radius 1 is 1.44 bits per heavy atom. The van der Waals surface area contributed by atoms with Gasteiger partial charge in [0.25, 0.3) is 0 Å². The van der Waals surface area contributed by atoms with Crippen LogP contribution in [0.5, 0.6) is 0 Å². The second-order valence-electron chi connectivity index (χ2n) is 5.04. The highest BCUT2D eigenvalue weighted by Crippen LogP contribution is 2.11. The molecule has 0 saturated carbocycles. The van der Waals surface area contributed by atoms with Crippen LogP contribution in [0.3, 0.4) is 0 Å². The number of rotatable bonds is 3. The third kappa shape index (κ3) is 4.71. The van der Waals surface area contributed by atoms with Crippen molar-refractivity contribution in [2.24, 2.45) is 0 Å². The van der Waals surface area contributed by atoms with E-state index in [9.17, 15) is 9.18 Å². The van der Waals surface area contributed by atoms with E-state index in [4.69, 9.17) is 9.84 Å². The number of carbonyl (C=O) groups is 1. The van der Waals surface area contributed by atoms with E-state index in [1.54, 1.807) is 6.07 Å². The van der Waals surface area contributed by atoms with Crippen LogP contribution < -0.4 is 5.32 Å². The van der Waals surface area contributed by atoms with Gasteiger partial charge < -0.3 is 15.2 Å². The second kappa shape index (κ2) is 5.82. The zero-order chi connectivity index (χ0) is 13.8. The van der Waals surface area contributed by atoms with Crippen LogP contribution in [0.1, 0.15) is 31.9 Å². The van der Waals surface area contributed by atoms with Crippen LogP contribution in [-0.2, 0) is 18.0 Å². The summed E-state index contributed by atoms with van der Waals surface area (Å²) in [5.74, 6) is -0.505. The minimum Gasteiger partial charge on any atom is -0.445 e. The smallest absolute Gasteiger partial charge is 0.407 e. The molecule has 1 aromatic rings. The molecular weight excluding hydrogens is 237 g/mol. The van der Waals surface area contributed by atoms with Crippen LogP contribution in [0, 0.1) is 5.82 Å². The molecule has 0 atom stereocenters. The molecule has 0 fully saturated rings. The van der Waals surface area contributed by atoms with Crippen molar-refractivity contribution in [2.45, 2.75) is 39.5 Å². The topological polar surface area (TPSA) is 58.6 Å². The molecule has 0 radical (unpaired) electrons. The Hall–Kier alpha value is -1.62. The third-order valence-corrected chi connectivity index (χ3v) is 2.13. The molecule has 0 aliphatic carbocycles. The second-order valence-corrected chi connectivity index (χ2v) is 5.04. The van der Waals surface area contributed by atoms with Crippen molar-refractivity contribution in [2.75, 3.05) is 0 Å². The molecular formula is C13H18FNO3. The highest BCUT2D eigenvalue weighted by Gasteiger charge is 2.14. The van der Waals surface area contributed by atoms with E-state index in [0.29, 0.717) is 5.56 Å². The summed E-state index contributed by atoms with van der Waals surface area (Å²) in [5.41, 5.74) is 0.384. The average Bonchev–Trinajstić information content (AvgIpc) is 2.24. The molecule has 5 heteroatoms. The molecule has 0 spiro atoms. The van der Waals surface area contributed by atoms with Crippen molar-refractivity contribution in [3.05, 3.63) is 35.1 Å². The fraction of sp³-hybridized carbons (Fsp3) is 0.462. The Balaban J connectivity index is 2.54. The van der Waals surface area contributed by atoms with E-state index < -0.39 is 11.9 Å². The average molecular weight is 255 g/mol. The fourth-order valence-corrected chi connectivity index (χ4v) is 1.30. The Morgan fingerprint density at radius 3 is 2.61 bits per heavy atom. The van der Waals surface area contributed by atoms with Gasteiger partial charge in [0.1, 0.15) is 12.4 Å². The molecule has 0 aromatic heterocycles. The minimum absolute atomic E-state index is 0.00938. The van der Waals surface area contributed by atoms with Crippen LogP contribution in [0.25, 0.3) is 0 Å². The van der Waals surface area contributed by atoms with Crippen molar-refractivity contribution in [3.8, 4) is 0 Å². The zero-order valence-corrected chi connectivity index (χ0v) is 10.8. The third-order valence-electron chi connectivity index (χ3n) is 2.13. The maximum atomic E-state index is 13.3. The molecule has 0 aliphatic rings. The first-order valence-electron chi connectivity index (χ1n) is 5.65. The monoisotopic (exact) mass is 255 g/mol. The SMILES string of the molecule is CC(C)(C)NC(=O)OCc1ccc(CO)c(F)c1. The van der Waals surface area contributed by atoms with E-state index in [-0.39, 0.29) is 24.3 Å². The molecule has 2 N–H and O–H groups in total. The molecule has 0 heterocycles. The Kier molecular flexibility index (Phi) is 4.67. The van der Waals surface area contributed by atoms with Crippen LogP contribution >= 0.6 is 0 Å². The van der Waals surface area contributed by atoms with Gasteiger partial charge in [0.05, 0.1) is 6.61 Å². The lowest BCUT2D eigenvalue weighted by molar-refractivity contribution is 0.131. The van der Waals surface area contributed by atoms with E-state index >= 15 is 0 Å². The fourth-order valence-electron chi connectivity index (χ4n) is 1.30. The minimum atomic E-state index is -0.547. The summed E-state index contributed by atoms with van der Waals surface area (Å²) in [6, 6.07) is 4.32. The summed E-state index contributed by atoms with van der Waals surface area (Å²) in [5, 5.41) is 11.5. The first-order valence-corrected chi connectivity index (χ1v) is 5.65. The van der Waals surface area contributed by atoms with Crippen molar-refractivity contribution in [1.29, 1.82) is 0 Å². The van der Waals surface area contributed by atoms with Gasteiger partial charge in [-0.3, -0.25) is 0 Å². The largest absolute Gasteiger partial charge is 0.445 e. The molecule has 100 valence electrons. The number of halogens is 1. The van der Waals surface area contributed by atoms with Gasteiger partial charge in [-0.1, -0.05) is 12.1 Å². The number of aliphatic hydroxyl groups is 1. The lowest BCUT2D eigenvalue weighted by atomic mass is 10.1. The van der Waals surface area contributed by atoms with E-state index in [1.165, 1.54) is 12.1 Å². The number of amides is 1. The molecule has 0 saturated heterocycles. The number of benzene rings is 1. The van der Waals surface area contributed by atoms with Gasteiger partial charge in [0.2, 0.25) is 0 Å². The van der Waals surface area contributed by atoms with Crippen molar-refractivity contribution in [1.82, 2.24) is 5.32 Å². The lowest BCUT2D eigenvalue weighted by Gasteiger charge is -2.20. The number of ether oxygens (including phenoxy) is 1. The molecule has 0 bridgehead atoms. The summed E-state index contributed by atoms with van der Waals surface area (Å²) in [6.45, 7) is 5.15. The highest BCUT2D eigenvalue weighted by atomic mass is 19.1. The van der Waals surface area contributed by atoms with Gasteiger partial charge in [-0.05, 0) is 32.4 Å². The molecule has 4 nitrogen and oxygen atoms in total. The van der Waals surface area contributed by atoms with E-state index in [0.717, 1.165) is 0 Å². The molecule has 1 amide bonds. The number of hydrogen-bond donors (Lipinski definition) is 2. The van der Waals surface area contributed by atoms with Crippen LogP contribution in [-0.4, -0.2) is 16.7 Å². The van der Waals surface area contributed by atoms with Gasteiger partial charge in [-0.2, -0.15) is 0 Å². The predicted molar refractivity (Wildman–Crippen MR) is 65.4 cm³/mol. The maximum absolute atomic E-state index is 13.3. The number of alkyl carbamates (subject to hydrolysis) is 1. The number of hydrogen-bond acceptors (Lipinski definition) is 3. The molecule has 0 aliphatic heterocycles. The normalized spacial score (nSPS) is 11.2. The lowest BCUT2D eigenvalue weighted by Crippen LogP contribution is -2.40. The van der Waals surface area contributed by atoms with Crippen molar-refractivity contribution in [3.63, 3.8) is 0 Å². The molecule has 1 aromatic carbocycles. The van der Waals surface area contributed by atoms with Crippen LogP contribution in [0.2, 0.25) is 0 Å². The number of aliphatic hydroxyl groups excluding tert-OH is 1. The van der Waals surface area contributed by atoms with Gasteiger partial charge in [0, 0.05) is 11.1 Å². The summed E-state index contributed by atoms with van der Waals surface area (Å²) < 4.78 is 18.3. The summed E-state index contributed by atoms with van der Waals surface area (Å²) in [4.78, 5) is 11.4. The summed E-state index contributed by atoms with van der Waals surface area (Å²) >= 11 is 0. The number of carbonyl (C=O) groups excluding carboxylic acids is 1. The van der Waals surface area contributed by atoms with Crippen LogP contribution in [0.15, 0.2) is 18.2 Å². The predicted octanol–water partition coefficient (Wildman–Crippen LogP) is 2.34. The van der Waals surface area contributed by atoms with Crippen molar-refractivity contribution < 1.29 is 19.0 Å². The standard InChI is InChI=1S/C13H18FNO3/c1-13(2,3)15-12(17)18-8-9-4-5-10(7-16)11(14)6-9/h4-6,16H,7-8H2,1-3H3,(H,15,17). The van der Waals surface area contributed by atoms with E-state index in [2.05, 4.69) is 5.32 Å². The van der Waals surface area contributed by atoms with Gasteiger partial charge in [-0.25, -0.2) is 9.18 Å². The quantitative estimate of drug-likeness (QED) is 0.871. The summed E-state index contributed by atoms with van der Waals surface area (Å²) in [6.07, 6.45) is -0.547. The first kappa shape index (κ1) is 14.4. The van der Waals surface area contributed by atoms with Gasteiger partial charge >= 0.3 is 6.09 Å². The summed E-state index contributed by atoms with van der Waals surface area (Å²) in [7, 11) is 0. The zero-order valence-electron chi connectivity index (χ0n) is 10.8. The van der Waals surface area contributed by atoms with Crippen molar-refractivity contribution >= 4 is 6.09 Å². The first-order chi connectivity index (χ1) is 8.31. The van der Waals surface area contributed by atoms with E-state index in [1.807, 2.05) is 20.8 Å². The Bertz CT molecular complexity index is 427. The van der Waals surface area contributed by atoms with Crippen LogP contribution in [0.4, 0.5) is 9.18 Å². The Labute approximate surface area is 106 Å². The van der Waals surface area contributed by atoms with Gasteiger partial charge in [0.15, 0.2) is 0 Å². The Morgan fingerprint density at radius 2 is 2.11 bits per heavy atom.